The van der Waals surface area contributed by atoms with Gasteiger partial charge in [-0.05, 0) is 66.5 Å². The Labute approximate surface area is 203 Å². The van der Waals surface area contributed by atoms with Gasteiger partial charge in [-0.3, -0.25) is 4.68 Å². The maximum Gasteiger partial charge on any atom is 0.231 e. The first-order chi connectivity index (χ1) is 17.1. The molecular weight excluding hydrogens is 440 g/mol. The predicted molar refractivity (Wildman–Crippen MR) is 133 cm³/mol. The monoisotopic (exact) mass is 468 g/mol. The van der Waals surface area contributed by atoms with Gasteiger partial charge in [0.2, 0.25) is 12.7 Å². The van der Waals surface area contributed by atoms with Crippen LogP contribution < -0.4 is 20.1 Å². The highest BCUT2D eigenvalue weighted by Gasteiger charge is 2.47. The van der Waals surface area contributed by atoms with Gasteiger partial charge in [0.05, 0.1) is 5.52 Å². The van der Waals surface area contributed by atoms with E-state index >= 15 is 0 Å². The van der Waals surface area contributed by atoms with Crippen LogP contribution >= 0.6 is 0 Å². The fourth-order valence-corrected chi connectivity index (χ4v) is 6.25. The molecule has 0 radical (unpaired) electrons. The fourth-order valence-electron chi connectivity index (χ4n) is 6.25. The minimum atomic E-state index is 0.289. The molecule has 2 aromatic heterocycles. The van der Waals surface area contributed by atoms with Crippen molar-refractivity contribution in [3.8, 4) is 22.6 Å². The Hall–Kier alpha value is -3.65. The zero-order chi connectivity index (χ0) is 23.5. The summed E-state index contributed by atoms with van der Waals surface area (Å²) >= 11 is 0. The van der Waals surface area contributed by atoms with E-state index in [0.29, 0.717) is 24.7 Å². The highest BCUT2D eigenvalue weighted by Crippen LogP contribution is 2.44. The number of hydrogen-bond donors (Lipinski definition) is 1. The van der Waals surface area contributed by atoms with E-state index in [2.05, 4.69) is 34.3 Å². The van der Waals surface area contributed by atoms with Crippen LogP contribution in [0.4, 0.5) is 5.95 Å². The molecule has 4 heterocycles. The molecule has 3 aliphatic rings. The lowest BCUT2D eigenvalue weighted by molar-refractivity contribution is 0.174. The van der Waals surface area contributed by atoms with Crippen LogP contribution in [0.15, 0.2) is 55.0 Å². The number of nitrogens with two attached hydrogens (primary N) is 1. The fraction of sp³-hybridized carbons (Fsp3) is 0.370. The summed E-state index contributed by atoms with van der Waals surface area (Å²) in [4.78, 5) is 12.1. The van der Waals surface area contributed by atoms with Crippen molar-refractivity contribution >= 4 is 16.9 Å². The number of anilines is 1. The van der Waals surface area contributed by atoms with E-state index in [4.69, 9.17) is 25.2 Å². The van der Waals surface area contributed by atoms with Gasteiger partial charge in [-0.25, -0.2) is 9.97 Å². The van der Waals surface area contributed by atoms with Crippen molar-refractivity contribution in [3.05, 3.63) is 60.6 Å². The second-order valence-electron chi connectivity index (χ2n) is 10.1. The van der Waals surface area contributed by atoms with Crippen LogP contribution in [0.3, 0.4) is 0 Å². The SMILES string of the molecule is Cn1cc2cc(-c3cnc(N4C[C@H]5C[C@H](N)C[C@@H]5[C@@H]4Cc4ccc5c(c4)OCO5)nc3)ccc2n1. The number of hydrogen-bond acceptors (Lipinski definition) is 7. The summed E-state index contributed by atoms with van der Waals surface area (Å²) in [6, 6.07) is 13.1. The van der Waals surface area contributed by atoms with Crippen LogP contribution in [0.5, 0.6) is 11.5 Å². The number of aryl methyl sites for hydroxylation is 1. The zero-order valence-electron chi connectivity index (χ0n) is 19.7. The second-order valence-corrected chi connectivity index (χ2v) is 10.1. The Morgan fingerprint density at radius 2 is 1.86 bits per heavy atom. The smallest absolute Gasteiger partial charge is 0.231 e. The molecule has 2 fully saturated rings. The lowest BCUT2D eigenvalue weighted by Crippen LogP contribution is -2.37. The third-order valence-corrected chi connectivity index (χ3v) is 7.84. The van der Waals surface area contributed by atoms with Crippen molar-refractivity contribution in [1.82, 2.24) is 19.7 Å². The Kier molecular flexibility index (Phi) is 4.70. The number of fused-ring (bicyclic) bond motifs is 3. The van der Waals surface area contributed by atoms with E-state index in [1.165, 1.54) is 5.56 Å². The quantitative estimate of drug-likeness (QED) is 0.490. The van der Waals surface area contributed by atoms with E-state index in [1.54, 1.807) is 0 Å². The summed E-state index contributed by atoms with van der Waals surface area (Å²) in [5.74, 6) is 3.58. The molecule has 0 amide bonds. The van der Waals surface area contributed by atoms with E-state index in [9.17, 15) is 0 Å². The molecule has 0 spiro atoms. The maximum atomic E-state index is 6.37. The van der Waals surface area contributed by atoms with Crippen molar-refractivity contribution < 1.29 is 9.47 Å². The molecule has 7 rings (SSSR count). The van der Waals surface area contributed by atoms with Gasteiger partial charge >= 0.3 is 0 Å². The lowest BCUT2D eigenvalue weighted by atomic mass is 9.90. The highest BCUT2D eigenvalue weighted by atomic mass is 16.7. The summed E-state index contributed by atoms with van der Waals surface area (Å²) < 4.78 is 13.0. The van der Waals surface area contributed by atoms with Gasteiger partial charge in [0.15, 0.2) is 11.5 Å². The number of aromatic nitrogens is 4. The zero-order valence-corrected chi connectivity index (χ0v) is 19.7. The number of ether oxygens (including phenoxy) is 2. The second kappa shape index (κ2) is 7.95. The summed E-state index contributed by atoms with van der Waals surface area (Å²) in [5.41, 5.74) is 10.7. The molecule has 2 N–H and O–H groups in total. The Morgan fingerprint density at radius 3 is 2.74 bits per heavy atom. The first-order valence-corrected chi connectivity index (χ1v) is 12.3. The molecule has 1 saturated heterocycles. The van der Waals surface area contributed by atoms with Crippen molar-refractivity contribution in [2.24, 2.45) is 24.6 Å². The lowest BCUT2D eigenvalue weighted by Gasteiger charge is -2.28. The van der Waals surface area contributed by atoms with Gasteiger partial charge in [-0.1, -0.05) is 12.1 Å². The van der Waals surface area contributed by atoms with E-state index < -0.39 is 0 Å². The van der Waals surface area contributed by atoms with Gasteiger partial charge in [-0.2, -0.15) is 5.10 Å². The minimum absolute atomic E-state index is 0.289. The summed E-state index contributed by atoms with van der Waals surface area (Å²) in [6.07, 6.45) is 8.95. The molecule has 8 heteroatoms. The van der Waals surface area contributed by atoms with Crippen LogP contribution in [0, 0.1) is 11.8 Å². The van der Waals surface area contributed by atoms with Crippen molar-refractivity contribution in [1.29, 1.82) is 0 Å². The predicted octanol–water partition coefficient (Wildman–Crippen LogP) is 3.54. The van der Waals surface area contributed by atoms with Gasteiger partial charge in [0.1, 0.15) is 0 Å². The van der Waals surface area contributed by atoms with Crippen LogP contribution in [-0.2, 0) is 13.5 Å². The highest BCUT2D eigenvalue weighted by molar-refractivity contribution is 5.83. The Bertz CT molecular complexity index is 1400. The average Bonchev–Trinajstić information content (AvgIpc) is 3.62. The first kappa shape index (κ1) is 20.7. The number of benzene rings is 2. The van der Waals surface area contributed by atoms with E-state index in [1.807, 2.05) is 42.5 Å². The Morgan fingerprint density at radius 1 is 1.00 bits per heavy atom. The molecule has 1 aliphatic carbocycles. The van der Waals surface area contributed by atoms with Crippen LogP contribution in [0.2, 0.25) is 0 Å². The average molecular weight is 469 g/mol. The summed E-state index contributed by atoms with van der Waals surface area (Å²) in [7, 11) is 1.94. The minimum Gasteiger partial charge on any atom is -0.454 e. The first-order valence-electron chi connectivity index (χ1n) is 12.3. The standard InChI is InChI=1S/C27H28N6O2/c1-32-13-19-8-17(3-4-23(19)31-32)20-11-29-27(30-12-20)33-14-18-9-21(28)10-22(18)24(33)6-16-2-5-25-26(7-16)35-15-34-25/h2-5,7-8,11-13,18,21-22,24H,6,9-10,14-15,28H2,1H3/t18-,21+,22+,24+/m1/s1. The van der Waals surface area contributed by atoms with Gasteiger partial charge in [-0.15, -0.1) is 0 Å². The third kappa shape index (κ3) is 3.60. The molecule has 0 unspecified atom stereocenters. The Balaban J connectivity index is 1.17. The van der Waals surface area contributed by atoms with Gasteiger partial charge in [0.25, 0.3) is 0 Å². The summed E-state index contributed by atoms with van der Waals surface area (Å²) in [5, 5.41) is 5.58. The van der Waals surface area contributed by atoms with E-state index in [0.717, 1.165) is 65.3 Å². The third-order valence-electron chi connectivity index (χ3n) is 7.84. The van der Waals surface area contributed by atoms with Crippen LogP contribution in [0.25, 0.3) is 22.0 Å². The van der Waals surface area contributed by atoms with E-state index in [-0.39, 0.29) is 6.04 Å². The normalized spacial score (nSPS) is 24.9. The van der Waals surface area contributed by atoms with Gasteiger partial charge < -0.3 is 20.1 Å². The van der Waals surface area contributed by atoms with Crippen LogP contribution in [0.1, 0.15) is 18.4 Å². The maximum absolute atomic E-state index is 6.37. The molecule has 35 heavy (non-hydrogen) atoms. The molecule has 4 atom stereocenters. The van der Waals surface area contributed by atoms with Gasteiger partial charge in [0, 0.05) is 55.2 Å². The largest absolute Gasteiger partial charge is 0.454 e. The molecular formula is C27H28N6O2. The number of rotatable bonds is 4. The molecule has 1 saturated carbocycles. The molecule has 2 aliphatic heterocycles. The van der Waals surface area contributed by atoms with Crippen molar-refractivity contribution in [3.63, 3.8) is 0 Å². The molecule has 4 aromatic rings. The molecule has 2 aromatic carbocycles. The molecule has 178 valence electrons. The molecule has 8 nitrogen and oxygen atoms in total. The van der Waals surface area contributed by atoms with Crippen LogP contribution in [-0.4, -0.2) is 45.2 Å². The van der Waals surface area contributed by atoms with Crippen molar-refractivity contribution in [2.75, 3.05) is 18.2 Å². The molecule has 0 bridgehead atoms. The topological polar surface area (TPSA) is 91.3 Å². The van der Waals surface area contributed by atoms with Crippen molar-refractivity contribution in [2.45, 2.75) is 31.3 Å². The summed E-state index contributed by atoms with van der Waals surface area (Å²) in [6.45, 7) is 1.25. The number of nitrogens with zero attached hydrogens (tertiary/aromatic N) is 5.